The van der Waals surface area contributed by atoms with Gasteiger partial charge < -0.3 is 4.74 Å². The summed E-state index contributed by atoms with van der Waals surface area (Å²) in [7, 11) is 1.58. The molecule has 0 aromatic heterocycles. The highest BCUT2D eigenvalue weighted by Gasteiger charge is 2.19. The van der Waals surface area contributed by atoms with Crippen molar-refractivity contribution in [2.75, 3.05) is 7.11 Å². The molecule has 2 nitrogen and oxygen atoms in total. The molecule has 0 heterocycles. The van der Waals surface area contributed by atoms with E-state index in [4.69, 9.17) is 4.74 Å². The van der Waals surface area contributed by atoms with E-state index in [-0.39, 0.29) is 5.78 Å². The van der Waals surface area contributed by atoms with Gasteiger partial charge >= 0.3 is 0 Å². The van der Waals surface area contributed by atoms with Crippen molar-refractivity contribution in [3.05, 3.63) is 48.0 Å². The highest BCUT2D eigenvalue weighted by Crippen LogP contribution is 2.27. The molecule has 0 fully saturated rings. The van der Waals surface area contributed by atoms with Gasteiger partial charge in [0.1, 0.15) is 6.10 Å². The summed E-state index contributed by atoms with van der Waals surface area (Å²) in [5, 5.41) is 2.22. The molecule has 0 aliphatic carbocycles. The Morgan fingerprint density at radius 1 is 1.18 bits per heavy atom. The molecular formula is C15H16O2. The molecule has 2 heteroatoms. The van der Waals surface area contributed by atoms with E-state index < -0.39 is 6.10 Å². The zero-order chi connectivity index (χ0) is 12.3. The Bertz CT molecular complexity index is 526. The molecule has 0 spiro atoms. The number of rotatable bonds is 4. The van der Waals surface area contributed by atoms with Crippen molar-refractivity contribution in [2.45, 2.75) is 19.4 Å². The fourth-order valence-corrected chi connectivity index (χ4v) is 2.10. The van der Waals surface area contributed by atoms with E-state index in [9.17, 15) is 4.79 Å². The minimum absolute atomic E-state index is 0.115. The van der Waals surface area contributed by atoms with Crippen LogP contribution in [0.5, 0.6) is 0 Å². The standard InChI is InChI=1S/C15H16O2/c1-3-14(16)15(17-2)13-10-6-8-11-7-4-5-9-12(11)13/h4-10,15H,3H2,1-2H3. The van der Waals surface area contributed by atoms with Crippen molar-refractivity contribution in [1.29, 1.82) is 0 Å². The van der Waals surface area contributed by atoms with Gasteiger partial charge in [-0.3, -0.25) is 4.79 Å². The SMILES string of the molecule is CCC(=O)C(OC)c1cccc2ccccc12. The Labute approximate surface area is 101 Å². The lowest BCUT2D eigenvalue weighted by Gasteiger charge is -2.16. The van der Waals surface area contributed by atoms with E-state index in [2.05, 4.69) is 0 Å². The average molecular weight is 228 g/mol. The molecule has 88 valence electrons. The summed E-state index contributed by atoms with van der Waals surface area (Å²) >= 11 is 0. The summed E-state index contributed by atoms with van der Waals surface area (Å²) in [6.07, 6.45) is 0.0351. The lowest BCUT2D eigenvalue weighted by atomic mass is 9.97. The van der Waals surface area contributed by atoms with Gasteiger partial charge in [0.2, 0.25) is 0 Å². The van der Waals surface area contributed by atoms with Crippen LogP contribution < -0.4 is 0 Å². The van der Waals surface area contributed by atoms with E-state index in [0.717, 1.165) is 16.3 Å². The maximum absolute atomic E-state index is 11.9. The van der Waals surface area contributed by atoms with Crippen LogP contribution in [0.4, 0.5) is 0 Å². The number of Topliss-reactive ketones (excluding diaryl/α,β-unsaturated/α-hetero) is 1. The number of hydrogen-bond donors (Lipinski definition) is 0. The van der Waals surface area contributed by atoms with Gasteiger partial charge in [0.25, 0.3) is 0 Å². The number of hydrogen-bond acceptors (Lipinski definition) is 2. The van der Waals surface area contributed by atoms with Crippen molar-refractivity contribution >= 4 is 16.6 Å². The van der Waals surface area contributed by atoms with E-state index in [1.54, 1.807) is 7.11 Å². The predicted octanol–water partition coefficient (Wildman–Crippen LogP) is 3.51. The summed E-state index contributed by atoms with van der Waals surface area (Å²) in [6, 6.07) is 14.0. The first kappa shape index (κ1) is 11.8. The van der Waals surface area contributed by atoms with Crippen LogP contribution in [0.25, 0.3) is 10.8 Å². The lowest BCUT2D eigenvalue weighted by molar-refractivity contribution is -0.128. The zero-order valence-corrected chi connectivity index (χ0v) is 10.1. The maximum Gasteiger partial charge on any atom is 0.165 e. The second-order valence-corrected chi connectivity index (χ2v) is 4.00. The third kappa shape index (κ3) is 2.22. The number of ketones is 1. The smallest absolute Gasteiger partial charge is 0.165 e. The summed E-state index contributed by atoms with van der Waals surface area (Å²) in [5.74, 6) is 0.115. The van der Waals surface area contributed by atoms with Gasteiger partial charge in [-0.25, -0.2) is 0 Å². The van der Waals surface area contributed by atoms with E-state index >= 15 is 0 Å². The first-order valence-electron chi connectivity index (χ1n) is 5.81. The molecule has 2 aromatic rings. The lowest BCUT2D eigenvalue weighted by Crippen LogP contribution is -2.13. The second kappa shape index (κ2) is 5.11. The van der Waals surface area contributed by atoms with Crippen LogP contribution in [0.15, 0.2) is 42.5 Å². The molecule has 0 N–H and O–H groups in total. The number of carbonyl (C=O) groups excluding carboxylic acids is 1. The fourth-order valence-electron chi connectivity index (χ4n) is 2.10. The molecule has 1 atom stereocenters. The van der Waals surface area contributed by atoms with Crippen LogP contribution in [0.3, 0.4) is 0 Å². The number of carbonyl (C=O) groups is 1. The largest absolute Gasteiger partial charge is 0.369 e. The molecule has 2 aromatic carbocycles. The van der Waals surface area contributed by atoms with E-state index in [1.165, 1.54) is 0 Å². The third-order valence-corrected chi connectivity index (χ3v) is 2.98. The Hall–Kier alpha value is -1.67. The Morgan fingerprint density at radius 3 is 2.59 bits per heavy atom. The molecule has 0 aliphatic rings. The van der Waals surface area contributed by atoms with Crippen molar-refractivity contribution in [2.24, 2.45) is 0 Å². The van der Waals surface area contributed by atoms with Crippen LogP contribution in [-0.4, -0.2) is 12.9 Å². The van der Waals surface area contributed by atoms with Crippen LogP contribution in [0.1, 0.15) is 25.0 Å². The molecule has 17 heavy (non-hydrogen) atoms. The maximum atomic E-state index is 11.9. The van der Waals surface area contributed by atoms with Gasteiger partial charge in [-0.15, -0.1) is 0 Å². The normalized spacial score (nSPS) is 12.6. The van der Waals surface area contributed by atoms with E-state index in [0.29, 0.717) is 6.42 Å². The van der Waals surface area contributed by atoms with E-state index in [1.807, 2.05) is 49.4 Å². The Morgan fingerprint density at radius 2 is 1.88 bits per heavy atom. The van der Waals surface area contributed by atoms with Crippen molar-refractivity contribution in [3.63, 3.8) is 0 Å². The van der Waals surface area contributed by atoms with Crippen LogP contribution in [-0.2, 0) is 9.53 Å². The predicted molar refractivity (Wildman–Crippen MR) is 69.0 cm³/mol. The molecular weight excluding hydrogens is 212 g/mol. The molecule has 0 amide bonds. The number of fused-ring (bicyclic) bond motifs is 1. The monoisotopic (exact) mass is 228 g/mol. The molecule has 2 rings (SSSR count). The summed E-state index contributed by atoms with van der Waals surface area (Å²) in [4.78, 5) is 11.9. The highest BCUT2D eigenvalue weighted by atomic mass is 16.5. The minimum Gasteiger partial charge on any atom is -0.369 e. The van der Waals surface area contributed by atoms with Crippen molar-refractivity contribution < 1.29 is 9.53 Å². The molecule has 0 saturated heterocycles. The first-order valence-corrected chi connectivity index (χ1v) is 5.81. The number of methoxy groups -OCH3 is 1. The van der Waals surface area contributed by atoms with Crippen molar-refractivity contribution in [3.8, 4) is 0 Å². The molecule has 0 aliphatic heterocycles. The van der Waals surface area contributed by atoms with Gasteiger partial charge in [0.05, 0.1) is 0 Å². The molecule has 1 unspecified atom stereocenters. The fraction of sp³-hybridized carbons (Fsp3) is 0.267. The Kier molecular flexibility index (Phi) is 3.55. The summed E-state index contributed by atoms with van der Waals surface area (Å²) in [6.45, 7) is 1.86. The second-order valence-electron chi connectivity index (χ2n) is 4.00. The molecule has 0 saturated carbocycles. The van der Waals surface area contributed by atoms with Crippen LogP contribution in [0, 0.1) is 0 Å². The van der Waals surface area contributed by atoms with Crippen LogP contribution >= 0.6 is 0 Å². The summed E-state index contributed by atoms with van der Waals surface area (Å²) in [5.41, 5.74) is 0.956. The molecule has 0 bridgehead atoms. The summed E-state index contributed by atoms with van der Waals surface area (Å²) < 4.78 is 5.35. The zero-order valence-electron chi connectivity index (χ0n) is 10.1. The highest BCUT2D eigenvalue weighted by molar-refractivity contribution is 5.92. The average Bonchev–Trinajstić information content (AvgIpc) is 2.39. The van der Waals surface area contributed by atoms with Gasteiger partial charge in [-0.05, 0) is 16.3 Å². The van der Waals surface area contributed by atoms with Gasteiger partial charge in [-0.2, -0.15) is 0 Å². The first-order chi connectivity index (χ1) is 8.27. The van der Waals surface area contributed by atoms with Crippen LogP contribution in [0.2, 0.25) is 0 Å². The van der Waals surface area contributed by atoms with Gasteiger partial charge in [0, 0.05) is 13.5 Å². The minimum atomic E-state index is -0.453. The van der Waals surface area contributed by atoms with Gasteiger partial charge in [0.15, 0.2) is 5.78 Å². The Balaban J connectivity index is 2.57. The van der Waals surface area contributed by atoms with Gasteiger partial charge in [-0.1, -0.05) is 49.4 Å². The topological polar surface area (TPSA) is 26.3 Å². The molecule has 0 radical (unpaired) electrons. The quantitative estimate of drug-likeness (QED) is 0.800. The number of benzene rings is 2. The third-order valence-electron chi connectivity index (χ3n) is 2.98. The number of ether oxygens (including phenoxy) is 1. The van der Waals surface area contributed by atoms with Crippen molar-refractivity contribution in [1.82, 2.24) is 0 Å².